The molecule has 0 spiro atoms. The smallest absolute Gasteiger partial charge is 0.311 e. The summed E-state index contributed by atoms with van der Waals surface area (Å²) in [5, 5.41) is 14.4. The molecule has 7 nitrogen and oxygen atoms in total. The van der Waals surface area contributed by atoms with Crippen LogP contribution in [0.1, 0.15) is 0 Å². The van der Waals surface area contributed by atoms with Crippen molar-refractivity contribution in [3.8, 4) is 0 Å². The van der Waals surface area contributed by atoms with Gasteiger partial charge in [0, 0.05) is 6.07 Å². The zero-order valence-electron chi connectivity index (χ0n) is 10.1. The molecule has 0 saturated heterocycles. The lowest BCUT2D eigenvalue weighted by Crippen LogP contribution is -2.01. The third-order valence-corrected chi connectivity index (χ3v) is 3.73. The summed E-state index contributed by atoms with van der Waals surface area (Å²) in [6.45, 7) is 0. The van der Waals surface area contributed by atoms with Crippen LogP contribution in [0.25, 0.3) is 11.0 Å². The monoisotopic (exact) mass is 341 g/mol. The fraction of sp³-hybridized carbons (Fsp3) is 0. The lowest BCUT2D eigenvalue weighted by Gasteiger charge is -2.08. The molecule has 0 fully saturated rings. The van der Waals surface area contributed by atoms with Crippen molar-refractivity contribution in [3.63, 3.8) is 0 Å². The van der Waals surface area contributed by atoms with Crippen LogP contribution in [0.15, 0.2) is 24.3 Å². The van der Waals surface area contributed by atoms with Gasteiger partial charge in [-0.2, -0.15) is 8.75 Å². The Morgan fingerprint density at radius 1 is 1.19 bits per heavy atom. The first-order chi connectivity index (χ1) is 10.1. The van der Waals surface area contributed by atoms with Gasteiger partial charge in [0.1, 0.15) is 16.2 Å². The molecular weight excluding hydrogens is 337 g/mol. The van der Waals surface area contributed by atoms with E-state index in [1.807, 2.05) is 0 Å². The average molecular weight is 342 g/mol. The maximum Gasteiger partial charge on any atom is 0.311 e. The van der Waals surface area contributed by atoms with E-state index in [-0.39, 0.29) is 16.7 Å². The number of nitrogens with zero attached hydrogens (tertiary/aromatic N) is 4. The van der Waals surface area contributed by atoms with Crippen molar-refractivity contribution in [3.05, 3.63) is 44.6 Å². The second kappa shape index (κ2) is 5.40. The number of halogens is 2. The van der Waals surface area contributed by atoms with Crippen molar-refractivity contribution >= 4 is 63.2 Å². The average Bonchev–Trinajstić information content (AvgIpc) is 2.90. The Morgan fingerprint density at radius 3 is 2.76 bits per heavy atom. The quantitative estimate of drug-likeness (QED) is 0.438. The molecule has 106 valence electrons. The Kier molecular flexibility index (Phi) is 3.58. The van der Waals surface area contributed by atoms with E-state index in [0.29, 0.717) is 21.7 Å². The molecule has 3 rings (SSSR count). The van der Waals surface area contributed by atoms with Crippen LogP contribution in [0.5, 0.6) is 0 Å². The number of anilines is 2. The van der Waals surface area contributed by atoms with Crippen LogP contribution < -0.4 is 5.32 Å². The fourth-order valence-corrected chi connectivity index (χ4v) is 2.62. The largest absolute Gasteiger partial charge is 0.331 e. The SMILES string of the molecule is O=[N+]([O-])c1ccc(Cl)nc1Nc1c(Cl)ccc2nsnc12. The molecule has 0 aliphatic carbocycles. The minimum Gasteiger partial charge on any atom is -0.331 e. The highest BCUT2D eigenvalue weighted by Crippen LogP contribution is 2.35. The zero-order chi connectivity index (χ0) is 15.0. The van der Waals surface area contributed by atoms with Gasteiger partial charge in [0.25, 0.3) is 0 Å². The van der Waals surface area contributed by atoms with Crippen LogP contribution in [-0.2, 0) is 0 Å². The maximum atomic E-state index is 11.0. The van der Waals surface area contributed by atoms with E-state index in [1.165, 1.54) is 12.1 Å². The van der Waals surface area contributed by atoms with E-state index in [4.69, 9.17) is 23.2 Å². The summed E-state index contributed by atoms with van der Waals surface area (Å²) in [6, 6.07) is 5.96. The van der Waals surface area contributed by atoms with Gasteiger partial charge in [-0.15, -0.1) is 0 Å². The Labute approximate surface area is 132 Å². The molecule has 0 atom stereocenters. The summed E-state index contributed by atoms with van der Waals surface area (Å²) in [5.41, 5.74) is 1.34. The van der Waals surface area contributed by atoms with Gasteiger partial charge in [0.2, 0.25) is 5.82 Å². The molecule has 2 aromatic heterocycles. The topological polar surface area (TPSA) is 93.8 Å². The Morgan fingerprint density at radius 2 is 2.00 bits per heavy atom. The molecule has 2 heterocycles. The standard InChI is InChI=1S/C11H5Cl2N5O2S/c12-5-1-2-6-10(17-21-16-6)9(5)15-11-7(18(19)20)3-4-8(13)14-11/h1-4H,(H,14,15). The molecule has 1 aromatic carbocycles. The van der Waals surface area contributed by atoms with E-state index >= 15 is 0 Å². The third kappa shape index (κ3) is 2.60. The second-order valence-corrected chi connectivity index (χ2v) is 5.26. The van der Waals surface area contributed by atoms with Gasteiger partial charge < -0.3 is 5.32 Å². The normalized spacial score (nSPS) is 10.8. The van der Waals surface area contributed by atoms with Gasteiger partial charge in [-0.25, -0.2) is 4.98 Å². The predicted molar refractivity (Wildman–Crippen MR) is 81.6 cm³/mol. The third-order valence-electron chi connectivity index (χ3n) is 2.66. The zero-order valence-corrected chi connectivity index (χ0v) is 12.4. The number of hydrogen-bond donors (Lipinski definition) is 1. The fourth-order valence-electron chi connectivity index (χ4n) is 1.73. The van der Waals surface area contributed by atoms with Crippen LogP contribution in [0.3, 0.4) is 0 Å². The molecule has 0 saturated carbocycles. The van der Waals surface area contributed by atoms with Crippen LogP contribution in [-0.4, -0.2) is 18.7 Å². The first kappa shape index (κ1) is 13.9. The van der Waals surface area contributed by atoms with E-state index < -0.39 is 4.92 Å². The highest BCUT2D eigenvalue weighted by Gasteiger charge is 2.19. The minimum absolute atomic E-state index is 0.00472. The number of hydrogen-bond acceptors (Lipinski definition) is 7. The Hall–Kier alpha value is -2.03. The summed E-state index contributed by atoms with van der Waals surface area (Å²) < 4.78 is 8.21. The van der Waals surface area contributed by atoms with Gasteiger partial charge in [0.05, 0.1) is 27.4 Å². The van der Waals surface area contributed by atoms with Gasteiger partial charge in [-0.1, -0.05) is 23.2 Å². The number of aromatic nitrogens is 3. The highest BCUT2D eigenvalue weighted by molar-refractivity contribution is 7.00. The number of pyridine rings is 1. The number of rotatable bonds is 3. The van der Waals surface area contributed by atoms with Crippen LogP contribution in [0, 0.1) is 10.1 Å². The van der Waals surface area contributed by atoms with E-state index in [2.05, 4.69) is 19.0 Å². The number of nitrogens with one attached hydrogen (secondary N) is 1. The van der Waals surface area contributed by atoms with Crippen molar-refractivity contribution in [1.29, 1.82) is 0 Å². The molecule has 0 radical (unpaired) electrons. The second-order valence-electron chi connectivity index (χ2n) is 3.94. The van der Waals surface area contributed by atoms with Crippen LogP contribution in [0.4, 0.5) is 17.2 Å². The Bertz CT molecular complexity index is 854. The molecule has 0 amide bonds. The van der Waals surface area contributed by atoms with Crippen LogP contribution >= 0.6 is 34.9 Å². The number of nitro groups is 1. The predicted octanol–water partition coefficient (Wildman–Crippen LogP) is 4.04. The van der Waals surface area contributed by atoms with E-state index in [1.54, 1.807) is 12.1 Å². The molecule has 21 heavy (non-hydrogen) atoms. The Balaban J connectivity index is 2.14. The molecular formula is C11H5Cl2N5O2S. The van der Waals surface area contributed by atoms with Crippen molar-refractivity contribution in [2.24, 2.45) is 0 Å². The van der Waals surface area contributed by atoms with Gasteiger partial charge in [-0.3, -0.25) is 10.1 Å². The molecule has 1 N–H and O–H groups in total. The van der Waals surface area contributed by atoms with Crippen molar-refractivity contribution in [1.82, 2.24) is 13.7 Å². The minimum atomic E-state index is -0.557. The highest BCUT2D eigenvalue weighted by atomic mass is 35.5. The molecule has 0 aliphatic rings. The number of fused-ring (bicyclic) bond motifs is 1. The molecule has 3 aromatic rings. The van der Waals surface area contributed by atoms with Gasteiger partial charge >= 0.3 is 5.69 Å². The first-order valence-electron chi connectivity index (χ1n) is 5.55. The van der Waals surface area contributed by atoms with E-state index in [0.717, 1.165) is 11.7 Å². The van der Waals surface area contributed by atoms with E-state index in [9.17, 15) is 10.1 Å². The first-order valence-corrected chi connectivity index (χ1v) is 7.03. The summed E-state index contributed by atoms with van der Waals surface area (Å²) in [5.74, 6) is -0.00472. The molecule has 0 aliphatic heterocycles. The summed E-state index contributed by atoms with van der Waals surface area (Å²) in [4.78, 5) is 14.4. The summed E-state index contributed by atoms with van der Waals surface area (Å²) >= 11 is 12.9. The van der Waals surface area contributed by atoms with Crippen molar-refractivity contribution in [2.75, 3.05) is 5.32 Å². The van der Waals surface area contributed by atoms with Crippen molar-refractivity contribution in [2.45, 2.75) is 0 Å². The van der Waals surface area contributed by atoms with Gasteiger partial charge in [0.15, 0.2) is 0 Å². The molecule has 10 heteroatoms. The summed E-state index contributed by atoms with van der Waals surface area (Å²) in [6.07, 6.45) is 0. The molecule has 0 bridgehead atoms. The maximum absolute atomic E-state index is 11.0. The number of benzene rings is 1. The lowest BCUT2D eigenvalue weighted by atomic mass is 10.2. The molecule has 0 unspecified atom stereocenters. The van der Waals surface area contributed by atoms with Gasteiger partial charge in [-0.05, 0) is 18.2 Å². The lowest BCUT2D eigenvalue weighted by molar-refractivity contribution is -0.384. The summed E-state index contributed by atoms with van der Waals surface area (Å²) in [7, 11) is 0. The van der Waals surface area contributed by atoms with Crippen LogP contribution in [0.2, 0.25) is 10.2 Å². The van der Waals surface area contributed by atoms with Crippen molar-refractivity contribution < 1.29 is 4.92 Å².